The van der Waals surface area contributed by atoms with E-state index in [-0.39, 0.29) is 18.2 Å². The van der Waals surface area contributed by atoms with Gasteiger partial charge in [-0.05, 0) is 37.5 Å². The number of ketones is 1. The number of rotatable bonds is 5. The van der Waals surface area contributed by atoms with E-state index in [1.165, 1.54) is 0 Å². The molecule has 0 amide bonds. The Hall–Kier alpha value is -3.08. The minimum Gasteiger partial charge on any atom is -0.489 e. The molecule has 1 aliphatic rings. The smallest absolute Gasteiger partial charge is 0.375 e. The Morgan fingerprint density at radius 3 is 2.63 bits per heavy atom. The van der Waals surface area contributed by atoms with Crippen molar-refractivity contribution in [3.8, 4) is 5.75 Å². The third-order valence-corrected chi connectivity index (χ3v) is 4.76. The number of para-hydroxylation sites is 2. The Balaban J connectivity index is 1.61. The molecule has 1 atom stereocenters. The van der Waals surface area contributed by atoms with Crippen LogP contribution in [-0.4, -0.2) is 17.9 Å². The predicted molar refractivity (Wildman–Crippen MR) is 99.7 cm³/mol. The molecule has 3 aromatic rings. The van der Waals surface area contributed by atoms with Crippen LogP contribution in [0.4, 0.5) is 0 Å². The molecular formula is C22H20O5. The molecule has 1 aromatic heterocycles. The van der Waals surface area contributed by atoms with Crippen LogP contribution in [-0.2, 0) is 16.1 Å². The standard InChI is InChI=1S/C22H20O5/c23-18-11-5-7-13-20(18)27-22(24)21-17(14-25-15-8-2-1-3-9-15)16-10-4-6-12-19(16)26-21/h1-4,6,8-10,12,20H,5,7,11,13-14H2. The lowest BCUT2D eigenvalue weighted by Crippen LogP contribution is -2.30. The molecule has 1 fully saturated rings. The largest absolute Gasteiger partial charge is 0.489 e. The summed E-state index contributed by atoms with van der Waals surface area (Å²) in [6.07, 6.45) is 2.09. The van der Waals surface area contributed by atoms with E-state index in [4.69, 9.17) is 13.9 Å². The molecule has 5 nitrogen and oxygen atoms in total. The third-order valence-electron chi connectivity index (χ3n) is 4.76. The number of carbonyl (C=O) groups excluding carboxylic acids is 2. The van der Waals surface area contributed by atoms with Crippen LogP contribution in [0.3, 0.4) is 0 Å². The van der Waals surface area contributed by atoms with Crippen molar-refractivity contribution >= 4 is 22.7 Å². The van der Waals surface area contributed by atoms with Crippen LogP contribution >= 0.6 is 0 Å². The molecule has 2 aromatic carbocycles. The summed E-state index contributed by atoms with van der Waals surface area (Å²) < 4.78 is 17.1. The zero-order chi connectivity index (χ0) is 18.6. The van der Waals surface area contributed by atoms with Crippen molar-refractivity contribution in [1.29, 1.82) is 0 Å². The molecule has 1 aliphatic carbocycles. The molecule has 4 rings (SSSR count). The Morgan fingerprint density at radius 2 is 1.81 bits per heavy atom. The average molecular weight is 364 g/mol. The van der Waals surface area contributed by atoms with Crippen LogP contribution in [0.2, 0.25) is 0 Å². The van der Waals surface area contributed by atoms with Gasteiger partial charge in [-0.2, -0.15) is 0 Å². The number of Topliss-reactive ketones (excluding diaryl/α,β-unsaturated/α-hetero) is 1. The van der Waals surface area contributed by atoms with Gasteiger partial charge in [0.05, 0.1) is 5.56 Å². The highest BCUT2D eigenvalue weighted by molar-refractivity contribution is 5.97. The number of ether oxygens (including phenoxy) is 2. The number of hydrogen-bond acceptors (Lipinski definition) is 5. The van der Waals surface area contributed by atoms with Gasteiger partial charge in [0.1, 0.15) is 17.9 Å². The maximum Gasteiger partial charge on any atom is 0.375 e. The first-order chi connectivity index (χ1) is 13.2. The minimum absolute atomic E-state index is 0.0206. The fraction of sp³-hybridized carbons (Fsp3) is 0.273. The molecule has 1 saturated carbocycles. The van der Waals surface area contributed by atoms with Crippen LogP contribution in [0.25, 0.3) is 11.0 Å². The number of furan rings is 1. The third kappa shape index (κ3) is 3.72. The lowest BCUT2D eigenvalue weighted by Gasteiger charge is -2.20. The monoisotopic (exact) mass is 364 g/mol. The maximum absolute atomic E-state index is 12.7. The highest BCUT2D eigenvalue weighted by atomic mass is 16.6. The Bertz CT molecular complexity index is 957. The molecule has 0 saturated heterocycles. The summed E-state index contributed by atoms with van der Waals surface area (Å²) in [4.78, 5) is 24.7. The van der Waals surface area contributed by atoms with Crippen molar-refractivity contribution in [2.75, 3.05) is 0 Å². The van der Waals surface area contributed by atoms with Gasteiger partial charge in [-0.3, -0.25) is 4.79 Å². The second-order valence-electron chi connectivity index (χ2n) is 6.61. The lowest BCUT2D eigenvalue weighted by atomic mass is 9.96. The first kappa shape index (κ1) is 17.3. The van der Waals surface area contributed by atoms with Crippen LogP contribution < -0.4 is 4.74 Å². The molecule has 5 heteroatoms. The lowest BCUT2D eigenvalue weighted by molar-refractivity contribution is -0.130. The minimum atomic E-state index is -0.678. The molecule has 0 N–H and O–H groups in total. The van der Waals surface area contributed by atoms with E-state index < -0.39 is 12.1 Å². The maximum atomic E-state index is 12.7. The van der Waals surface area contributed by atoms with Crippen LogP contribution in [0.15, 0.2) is 59.0 Å². The average Bonchev–Trinajstić information content (AvgIpc) is 3.08. The predicted octanol–water partition coefficient (Wildman–Crippen LogP) is 4.68. The SMILES string of the molecule is O=C(OC1CCCCC1=O)c1oc2ccccc2c1COc1ccccc1. The molecule has 0 radical (unpaired) electrons. The Labute approximate surface area is 156 Å². The summed E-state index contributed by atoms with van der Waals surface area (Å²) in [5, 5.41) is 0.801. The van der Waals surface area contributed by atoms with Gasteiger partial charge in [-0.25, -0.2) is 4.79 Å². The fourth-order valence-corrected chi connectivity index (χ4v) is 3.34. The molecule has 1 heterocycles. The summed E-state index contributed by atoms with van der Waals surface area (Å²) in [6.45, 7) is 0.171. The van der Waals surface area contributed by atoms with E-state index >= 15 is 0 Å². The highest BCUT2D eigenvalue weighted by Gasteiger charge is 2.29. The topological polar surface area (TPSA) is 65.7 Å². The fourth-order valence-electron chi connectivity index (χ4n) is 3.34. The number of fused-ring (bicyclic) bond motifs is 1. The molecule has 27 heavy (non-hydrogen) atoms. The van der Waals surface area contributed by atoms with Crippen molar-refractivity contribution in [2.24, 2.45) is 0 Å². The van der Waals surface area contributed by atoms with Gasteiger partial charge >= 0.3 is 5.97 Å². The van der Waals surface area contributed by atoms with E-state index in [9.17, 15) is 9.59 Å². The first-order valence-corrected chi connectivity index (χ1v) is 9.14. The molecule has 0 spiro atoms. The molecule has 138 valence electrons. The van der Waals surface area contributed by atoms with Gasteiger partial charge < -0.3 is 13.9 Å². The van der Waals surface area contributed by atoms with Crippen molar-refractivity contribution in [3.63, 3.8) is 0 Å². The van der Waals surface area contributed by atoms with Gasteiger partial charge in [-0.1, -0.05) is 36.4 Å². The van der Waals surface area contributed by atoms with Crippen LogP contribution in [0.5, 0.6) is 5.75 Å². The van der Waals surface area contributed by atoms with Gasteiger partial charge in [0.25, 0.3) is 0 Å². The van der Waals surface area contributed by atoms with Gasteiger partial charge in [0.2, 0.25) is 5.76 Å². The van der Waals surface area contributed by atoms with Crippen molar-refractivity contribution in [2.45, 2.75) is 38.4 Å². The second-order valence-corrected chi connectivity index (χ2v) is 6.61. The quantitative estimate of drug-likeness (QED) is 0.615. The summed E-state index contributed by atoms with van der Waals surface area (Å²) >= 11 is 0. The normalized spacial score (nSPS) is 17.0. The Morgan fingerprint density at radius 1 is 1.04 bits per heavy atom. The summed E-state index contributed by atoms with van der Waals surface area (Å²) in [6, 6.07) is 16.8. The van der Waals surface area contributed by atoms with E-state index in [0.717, 1.165) is 18.2 Å². The zero-order valence-electron chi connectivity index (χ0n) is 14.9. The summed E-state index contributed by atoms with van der Waals surface area (Å²) in [5.41, 5.74) is 1.22. The van der Waals surface area contributed by atoms with Crippen molar-refractivity contribution in [1.82, 2.24) is 0 Å². The summed E-state index contributed by atoms with van der Waals surface area (Å²) in [7, 11) is 0. The van der Waals surface area contributed by atoms with E-state index in [2.05, 4.69) is 0 Å². The van der Waals surface area contributed by atoms with Gasteiger partial charge in [0, 0.05) is 11.8 Å². The Kier molecular flexibility index (Phi) is 4.92. The number of benzene rings is 2. The van der Waals surface area contributed by atoms with E-state index in [0.29, 0.717) is 29.7 Å². The molecule has 0 bridgehead atoms. The van der Waals surface area contributed by atoms with Gasteiger partial charge in [0.15, 0.2) is 11.9 Å². The van der Waals surface area contributed by atoms with E-state index in [1.807, 2.05) is 48.5 Å². The molecule has 1 unspecified atom stereocenters. The van der Waals surface area contributed by atoms with Gasteiger partial charge in [-0.15, -0.1) is 0 Å². The van der Waals surface area contributed by atoms with Crippen molar-refractivity contribution in [3.05, 3.63) is 65.9 Å². The zero-order valence-corrected chi connectivity index (χ0v) is 14.9. The van der Waals surface area contributed by atoms with Crippen LogP contribution in [0.1, 0.15) is 41.8 Å². The molecule has 0 aliphatic heterocycles. The number of carbonyl (C=O) groups is 2. The highest BCUT2D eigenvalue weighted by Crippen LogP contribution is 2.29. The van der Waals surface area contributed by atoms with Crippen molar-refractivity contribution < 1.29 is 23.5 Å². The first-order valence-electron chi connectivity index (χ1n) is 9.14. The molecular weight excluding hydrogens is 344 g/mol. The van der Waals surface area contributed by atoms with Crippen LogP contribution in [0, 0.1) is 0 Å². The number of hydrogen-bond donors (Lipinski definition) is 0. The second kappa shape index (κ2) is 7.66. The summed E-state index contributed by atoms with van der Waals surface area (Å²) in [5.74, 6) is 0.168. The van der Waals surface area contributed by atoms with E-state index in [1.54, 1.807) is 6.07 Å². The number of esters is 1.